The highest BCUT2D eigenvalue weighted by atomic mass is 15.4. The summed E-state index contributed by atoms with van der Waals surface area (Å²) in [6.07, 6.45) is 3.46. The quantitative estimate of drug-likeness (QED) is 0.856. The Labute approximate surface area is 104 Å². The molecule has 0 spiro atoms. The lowest BCUT2D eigenvalue weighted by Gasteiger charge is -2.39. The lowest BCUT2D eigenvalue weighted by Crippen LogP contribution is -2.43. The molecule has 2 unspecified atom stereocenters. The largest absolute Gasteiger partial charge is 0.394 e. The van der Waals surface area contributed by atoms with Gasteiger partial charge in [-0.1, -0.05) is 13.8 Å². The van der Waals surface area contributed by atoms with E-state index in [1.807, 2.05) is 11.7 Å². The summed E-state index contributed by atoms with van der Waals surface area (Å²) in [5, 5.41) is 4.51. The highest BCUT2D eigenvalue weighted by Crippen LogP contribution is 2.33. The van der Waals surface area contributed by atoms with Gasteiger partial charge in [-0.05, 0) is 32.1 Å². The van der Waals surface area contributed by atoms with Gasteiger partial charge >= 0.3 is 0 Å². The molecule has 17 heavy (non-hydrogen) atoms. The Morgan fingerprint density at radius 1 is 1.41 bits per heavy atom. The van der Waals surface area contributed by atoms with E-state index in [-0.39, 0.29) is 0 Å². The maximum absolute atomic E-state index is 6.23. The van der Waals surface area contributed by atoms with Crippen molar-refractivity contribution in [1.82, 2.24) is 9.78 Å². The monoisotopic (exact) mass is 236 g/mol. The Balaban J connectivity index is 2.36. The number of nitrogens with two attached hydrogens (primary N) is 1. The molecule has 0 saturated carbocycles. The SMILES string of the molecule is CCc1nn(C)c(N2CCCC(C)C2C)c1N. The molecule has 2 atom stereocenters. The molecule has 0 aromatic carbocycles. The summed E-state index contributed by atoms with van der Waals surface area (Å²) in [5.74, 6) is 1.84. The topological polar surface area (TPSA) is 47.1 Å². The molecule has 4 nitrogen and oxygen atoms in total. The lowest BCUT2D eigenvalue weighted by atomic mass is 9.92. The summed E-state index contributed by atoms with van der Waals surface area (Å²) in [6.45, 7) is 7.81. The minimum absolute atomic E-state index is 0.547. The predicted molar refractivity (Wildman–Crippen MR) is 72.2 cm³/mol. The molecule has 0 aliphatic carbocycles. The van der Waals surface area contributed by atoms with Gasteiger partial charge in [0.25, 0.3) is 0 Å². The lowest BCUT2D eigenvalue weighted by molar-refractivity contribution is 0.359. The number of aromatic nitrogens is 2. The normalized spacial score (nSPS) is 25.3. The first kappa shape index (κ1) is 12.3. The Hall–Kier alpha value is -1.19. The molecule has 2 N–H and O–H groups in total. The first-order valence-corrected chi connectivity index (χ1v) is 6.64. The third-order valence-electron chi connectivity index (χ3n) is 4.11. The molecule has 1 fully saturated rings. The fraction of sp³-hybridized carbons (Fsp3) is 0.769. The van der Waals surface area contributed by atoms with Crippen molar-refractivity contribution in [2.24, 2.45) is 13.0 Å². The molecular weight excluding hydrogens is 212 g/mol. The molecule has 4 heteroatoms. The standard InChI is InChI=1S/C13H24N4/c1-5-11-12(14)13(16(4)15-11)17-8-6-7-9(2)10(17)3/h9-10H,5-8,14H2,1-4H3. The second kappa shape index (κ2) is 4.59. The molecule has 0 amide bonds. The molecule has 0 radical (unpaired) electrons. The predicted octanol–water partition coefficient (Wildman–Crippen LogP) is 2.19. The zero-order valence-corrected chi connectivity index (χ0v) is 11.4. The second-order valence-electron chi connectivity index (χ2n) is 5.21. The van der Waals surface area contributed by atoms with Gasteiger partial charge in [0.2, 0.25) is 0 Å². The summed E-state index contributed by atoms with van der Waals surface area (Å²) in [7, 11) is 2.00. The van der Waals surface area contributed by atoms with Crippen molar-refractivity contribution in [3.05, 3.63) is 5.69 Å². The number of hydrogen-bond acceptors (Lipinski definition) is 3. The minimum atomic E-state index is 0.547. The number of aryl methyl sites for hydroxylation is 2. The second-order valence-corrected chi connectivity index (χ2v) is 5.21. The molecular formula is C13H24N4. The van der Waals surface area contributed by atoms with E-state index in [0.717, 1.165) is 36.1 Å². The number of nitrogens with zero attached hydrogens (tertiary/aromatic N) is 3. The number of piperidine rings is 1. The van der Waals surface area contributed by atoms with E-state index in [9.17, 15) is 0 Å². The van der Waals surface area contributed by atoms with Gasteiger partial charge in [0, 0.05) is 19.6 Å². The molecule has 1 saturated heterocycles. The van der Waals surface area contributed by atoms with Gasteiger partial charge in [0.15, 0.2) is 5.82 Å². The zero-order chi connectivity index (χ0) is 12.6. The Morgan fingerprint density at radius 2 is 2.12 bits per heavy atom. The Kier molecular flexibility index (Phi) is 3.31. The highest BCUT2D eigenvalue weighted by Gasteiger charge is 2.29. The van der Waals surface area contributed by atoms with Crippen LogP contribution in [0.15, 0.2) is 0 Å². The molecule has 2 rings (SSSR count). The van der Waals surface area contributed by atoms with E-state index >= 15 is 0 Å². The van der Waals surface area contributed by atoms with Crippen LogP contribution in [0.5, 0.6) is 0 Å². The highest BCUT2D eigenvalue weighted by molar-refractivity contribution is 5.67. The van der Waals surface area contributed by atoms with Gasteiger partial charge in [-0.2, -0.15) is 5.10 Å². The van der Waals surface area contributed by atoms with Crippen molar-refractivity contribution in [2.75, 3.05) is 17.2 Å². The van der Waals surface area contributed by atoms with Gasteiger partial charge < -0.3 is 10.6 Å². The molecule has 1 aliphatic rings. The molecule has 1 aliphatic heterocycles. The van der Waals surface area contributed by atoms with E-state index in [1.165, 1.54) is 12.8 Å². The average molecular weight is 236 g/mol. The van der Waals surface area contributed by atoms with Crippen molar-refractivity contribution < 1.29 is 0 Å². The van der Waals surface area contributed by atoms with Crippen LogP contribution in [0.25, 0.3) is 0 Å². The van der Waals surface area contributed by atoms with E-state index in [1.54, 1.807) is 0 Å². The van der Waals surface area contributed by atoms with Gasteiger partial charge in [-0.15, -0.1) is 0 Å². The van der Waals surface area contributed by atoms with Crippen LogP contribution in [0, 0.1) is 5.92 Å². The Morgan fingerprint density at radius 3 is 2.71 bits per heavy atom. The minimum Gasteiger partial charge on any atom is -0.394 e. The fourth-order valence-electron chi connectivity index (χ4n) is 2.82. The van der Waals surface area contributed by atoms with Crippen LogP contribution in [0.1, 0.15) is 39.3 Å². The molecule has 0 bridgehead atoms. The number of anilines is 2. The van der Waals surface area contributed by atoms with Crippen LogP contribution in [-0.4, -0.2) is 22.4 Å². The maximum atomic E-state index is 6.23. The molecule has 1 aromatic rings. The summed E-state index contributed by atoms with van der Waals surface area (Å²) < 4.78 is 1.95. The van der Waals surface area contributed by atoms with Crippen LogP contribution in [-0.2, 0) is 13.5 Å². The van der Waals surface area contributed by atoms with Crippen LogP contribution >= 0.6 is 0 Å². The van der Waals surface area contributed by atoms with E-state index in [0.29, 0.717) is 6.04 Å². The van der Waals surface area contributed by atoms with Crippen molar-refractivity contribution in [1.29, 1.82) is 0 Å². The van der Waals surface area contributed by atoms with Gasteiger partial charge in [-0.3, -0.25) is 4.68 Å². The third kappa shape index (κ3) is 2.01. The maximum Gasteiger partial charge on any atom is 0.150 e. The molecule has 96 valence electrons. The average Bonchev–Trinajstić information content (AvgIpc) is 2.58. The van der Waals surface area contributed by atoms with Crippen molar-refractivity contribution in [3.8, 4) is 0 Å². The molecule has 1 aromatic heterocycles. The third-order valence-corrected chi connectivity index (χ3v) is 4.11. The zero-order valence-electron chi connectivity index (χ0n) is 11.4. The summed E-state index contributed by atoms with van der Waals surface area (Å²) in [5.41, 5.74) is 8.12. The number of rotatable bonds is 2. The smallest absolute Gasteiger partial charge is 0.150 e. The van der Waals surface area contributed by atoms with Crippen molar-refractivity contribution >= 4 is 11.5 Å². The van der Waals surface area contributed by atoms with Crippen LogP contribution in [0.2, 0.25) is 0 Å². The number of hydrogen-bond donors (Lipinski definition) is 1. The fourth-order valence-corrected chi connectivity index (χ4v) is 2.82. The van der Waals surface area contributed by atoms with E-state index in [4.69, 9.17) is 5.73 Å². The van der Waals surface area contributed by atoms with Crippen LogP contribution in [0.3, 0.4) is 0 Å². The van der Waals surface area contributed by atoms with Crippen LogP contribution < -0.4 is 10.6 Å². The van der Waals surface area contributed by atoms with Gasteiger partial charge in [-0.25, -0.2) is 0 Å². The summed E-state index contributed by atoms with van der Waals surface area (Å²) >= 11 is 0. The summed E-state index contributed by atoms with van der Waals surface area (Å²) in [6, 6.07) is 0.547. The number of nitrogen functional groups attached to an aromatic ring is 1. The first-order chi connectivity index (χ1) is 8.06. The van der Waals surface area contributed by atoms with Crippen molar-refractivity contribution in [3.63, 3.8) is 0 Å². The first-order valence-electron chi connectivity index (χ1n) is 6.64. The van der Waals surface area contributed by atoms with Crippen molar-refractivity contribution in [2.45, 2.75) is 46.1 Å². The summed E-state index contributed by atoms with van der Waals surface area (Å²) in [4.78, 5) is 2.43. The Bertz CT molecular complexity index is 396. The van der Waals surface area contributed by atoms with Gasteiger partial charge in [0.1, 0.15) is 0 Å². The van der Waals surface area contributed by atoms with E-state index in [2.05, 4.69) is 30.8 Å². The molecule has 2 heterocycles. The van der Waals surface area contributed by atoms with E-state index < -0.39 is 0 Å². The van der Waals surface area contributed by atoms with Crippen LogP contribution in [0.4, 0.5) is 11.5 Å². The van der Waals surface area contributed by atoms with Gasteiger partial charge in [0.05, 0.1) is 11.4 Å².